The molecule has 98 valence electrons. The average molecular weight is 302 g/mol. The normalized spacial score (nSPS) is 10.5. The Balaban J connectivity index is 2.56. The molecule has 0 heterocycles. The highest BCUT2D eigenvalue weighted by Crippen LogP contribution is 2.30. The largest absolute Gasteiger partial charge is 0.399 e. The number of hydrogen-bond donors (Lipinski definition) is 1. The van der Waals surface area contributed by atoms with E-state index in [-0.39, 0.29) is 26.9 Å². The molecule has 0 unspecified atom stereocenters. The van der Waals surface area contributed by atoms with Crippen molar-refractivity contribution in [2.24, 2.45) is 0 Å². The van der Waals surface area contributed by atoms with Crippen LogP contribution in [0.5, 0.6) is 0 Å². The van der Waals surface area contributed by atoms with Gasteiger partial charge in [-0.15, -0.1) is 0 Å². The van der Waals surface area contributed by atoms with Gasteiger partial charge in [0.1, 0.15) is 11.6 Å². The quantitative estimate of drug-likeness (QED) is 0.671. The Labute approximate surface area is 117 Å². The van der Waals surface area contributed by atoms with Crippen LogP contribution in [0.3, 0.4) is 0 Å². The van der Waals surface area contributed by atoms with Crippen molar-refractivity contribution in [3.63, 3.8) is 0 Å². The van der Waals surface area contributed by atoms with Gasteiger partial charge in [0.25, 0.3) is 0 Å². The number of benzene rings is 2. The SMILES string of the molecule is Nc1cc(Cl)c(Cl)c(C(=O)c2ccc(F)cc2F)c1. The summed E-state index contributed by atoms with van der Waals surface area (Å²) in [6, 6.07) is 5.31. The summed E-state index contributed by atoms with van der Waals surface area (Å²) in [5, 5.41) is 0.0668. The van der Waals surface area contributed by atoms with E-state index in [0.717, 1.165) is 12.1 Å². The molecule has 2 nitrogen and oxygen atoms in total. The maximum Gasteiger partial charge on any atom is 0.197 e. The second-order valence-corrected chi connectivity index (χ2v) is 4.60. The van der Waals surface area contributed by atoms with Gasteiger partial charge < -0.3 is 5.73 Å². The Morgan fingerprint density at radius 3 is 2.37 bits per heavy atom. The van der Waals surface area contributed by atoms with Gasteiger partial charge >= 0.3 is 0 Å². The number of ketones is 1. The maximum atomic E-state index is 13.6. The summed E-state index contributed by atoms with van der Waals surface area (Å²) in [6.45, 7) is 0. The molecule has 0 aliphatic heterocycles. The van der Waals surface area contributed by atoms with Crippen LogP contribution in [0, 0.1) is 11.6 Å². The second kappa shape index (κ2) is 5.15. The van der Waals surface area contributed by atoms with Crippen LogP contribution in [-0.2, 0) is 0 Å². The van der Waals surface area contributed by atoms with Crippen LogP contribution in [0.1, 0.15) is 15.9 Å². The van der Waals surface area contributed by atoms with E-state index in [1.807, 2.05) is 0 Å². The Morgan fingerprint density at radius 2 is 1.74 bits per heavy atom. The zero-order valence-electron chi connectivity index (χ0n) is 9.38. The van der Waals surface area contributed by atoms with Crippen LogP contribution in [0.15, 0.2) is 30.3 Å². The monoisotopic (exact) mass is 301 g/mol. The molecule has 2 aromatic carbocycles. The van der Waals surface area contributed by atoms with Crippen molar-refractivity contribution in [3.05, 3.63) is 63.1 Å². The zero-order chi connectivity index (χ0) is 14.2. The summed E-state index contributed by atoms with van der Waals surface area (Å²) in [5.74, 6) is -2.46. The fourth-order valence-electron chi connectivity index (χ4n) is 1.59. The molecule has 0 atom stereocenters. The van der Waals surface area contributed by atoms with Crippen LogP contribution in [0.2, 0.25) is 10.0 Å². The Morgan fingerprint density at radius 1 is 1.05 bits per heavy atom. The molecule has 0 saturated carbocycles. The molecule has 0 aliphatic carbocycles. The van der Waals surface area contributed by atoms with E-state index in [4.69, 9.17) is 28.9 Å². The van der Waals surface area contributed by atoms with Crippen LogP contribution < -0.4 is 5.73 Å². The third-order valence-corrected chi connectivity index (χ3v) is 3.27. The van der Waals surface area contributed by atoms with Crippen molar-refractivity contribution in [3.8, 4) is 0 Å². The van der Waals surface area contributed by atoms with Gasteiger partial charge in [-0.25, -0.2) is 8.78 Å². The summed E-state index contributed by atoms with van der Waals surface area (Å²) in [5.41, 5.74) is 5.45. The first-order chi connectivity index (χ1) is 8.90. The molecule has 0 fully saturated rings. The molecule has 0 saturated heterocycles. The van der Waals surface area contributed by atoms with E-state index in [0.29, 0.717) is 6.07 Å². The Hall–Kier alpha value is -1.65. The third kappa shape index (κ3) is 2.69. The smallest absolute Gasteiger partial charge is 0.197 e. The highest BCUT2D eigenvalue weighted by Gasteiger charge is 2.19. The van der Waals surface area contributed by atoms with Gasteiger partial charge in [0.2, 0.25) is 0 Å². The van der Waals surface area contributed by atoms with Crippen molar-refractivity contribution in [2.75, 3.05) is 5.73 Å². The molecule has 2 N–H and O–H groups in total. The minimum absolute atomic E-state index is 0.0235. The highest BCUT2D eigenvalue weighted by atomic mass is 35.5. The van der Waals surface area contributed by atoms with Gasteiger partial charge in [0.15, 0.2) is 5.78 Å². The van der Waals surface area contributed by atoms with Crippen LogP contribution >= 0.6 is 23.2 Å². The molecule has 2 aromatic rings. The first kappa shape index (κ1) is 13.8. The van der Waals surface area contributed by atoms with E-state index >= 15 is 0 Å². The summed E-state index contributed by atoms with van der Waals surface area (Å²) in [6.07, 6.45) is 0. The Bertz CT molecular complexity index is 674. The fraction of sp³-hybridized carbons (Fsp3) is 0. The minimum Gasteiger partial charge on any atom is -0.399 e. The van der Waals surface area contributed by atoms with E-state index in [1.165, 1.54) is 12.1 Å². The van der Waals surface area contributed by atoms with Crippen molar-refractivity contribution < 1.29 is 13.6 Å². The summed E-state index contributed by atoms with van der Waals surface area (Å²) >= 11 is 11.7. The van der Waals surface area contributed by atoms with E-state index < -0.39 is 17.4 Å². The molecule has 0 aliphatic rings. The molecular weight excluding hydrogens is 295 g/mol. The molecular formula is C13H7Cl2F2NO. The molecule has 0 bridgehead atoms. The number of carbonyl (C=O) groups is 1. The number of rotatable bonds is 2. The van der Waals surface area contributed by atoms with Crippen LogP contribution in [0.25, 0.3) is 0 Å². The van der Waals surface area contributed by atoms with Gasteiger partial charge in [-0.1, -0.05) is 23.2 Å². The first-order valence-electron chi connectivity index (χ1n) is 5.14. The van der Waals surface area contributed by atoms with Gasteiger partial charge in [0, 0.05) is 17.3 Å². The third-order valence-electron chi connectivity index (χ3n) is 2.47. The van der Waals surface area contributed by atoms with Crippen molar-refractivity contribution in [1.29, 1.82) is 0 Å². The maximum absolute atomic E-state index is 13.6. The van der Waals surface area contributed by atoms with Gasteiger partial charge in [0.05, 0.1) is 15.6 Å². The number of halogens is 4. The molecule has 0 spiro atoms. The summed E-state index contributed by atoms with van der Waals surface area (Å²) in [7, 11) is 0. The summed E-state index contributed by atoms with van der Waals surface area (Å²) in [4.78, 5) is 12.1. The molecule has 0 radical (unpaired) electrons. The number of nitrogens with two attached hydrogens (primary N) is 1. The first-order valence-corrected chi connectivity index (χ1v) is 5.90. The lowest BCUT2D eigenvalue weighted by atomic mass is 10.0. The van der Waals surface area contributed by atoms with Crippen LogP contribution in [-0.4, -0.2) is 5.78 Å². The lowest BCUT2D eigenvalue weighted by molar-refractivity contribution is 0.103. The van der Waals surface area contributed by atoms with Gasteiger partial charge in [-0.2, -0.15) is 0 Å². The van der Waals surface area contributed by atoms with Crippen molar-refractivity contribution in [1.82, 2.24) is 0 Å². The topological polar surface area (TPSA) is 43.1 Å². The number of carbonyl (C=O) groups excluding carboxylic acids is 1. The number of hydrogen-bond acceptors (Lipinski definition) is 2. The molecule has 19 heavy (non-hydrogen) atoms. The summed E-state index contributed by atoms with van der Waals surface area (Å²) < 4.78 is 26.4. The molecule has 0 aromatic heterocycles. The van der Waals surface area contributed by atoms with Crippen LogP contribution in [0.4, 0.5) is 14.5 Å². The highest BCUT2D eigenvalue weighted by molar-refractivity contribution is 6.44. The predicted molar refractivity (Wildman–Crippen MR) is 70.7 cm³/mol. The van der Waals surface area contributed by atoms with E-state index in [2.05, 4.69) is 0 Å². The molecule has 2 rings (SSSR count). The molecule has 0 amide bonds. The van der Waals surface area contributed by atoms with E-state index in [9.17, 15) is 13.6 Å². The minimum atomic E-state index is -0.973. The fourth-order valence-corrected chi connectivity index (χ4v) is 2.02. The van der Waals surface area contributed by atoms with Gasteiger partial charge in [-0.05, 0) is 24.3 Å². The van der Waals surface area contributed by atoms with E-state index in [1.54, 1.807) is 0 Å². The second-order valence-electron chi connectivity index (χ2n) is 3.82. The average Bonchev–Trinajstić information content (AvgIpc) is 2.33. The number of nitrogen functional groups attached to an aromatic ring is 1. The number of anilines is 1. The lowest BCUT2D eigenvalue weighted by Gasteiger charge is -2.07. The van der Waals surface area contributed by atoms with Crippen molar-refractivity contribution in [2.45, 2.75) is 0 Å². The predicted octanol–water partition coefficient (Wildman–Crippen LogP) is 4.08. The Kier molecular flexibility index (Phi) is 3.73. The molecule has 6 heteroatoms. The lowest BCUT2D eigenvalue weighted by Crippen LogP contribution is -2.06. The van der Waals surface area contributed by atoms with Crippen molar-refractivity contribution >= 4 is 34.7 Å². The zero-order valence-corrected chi connectivity index (χ0v) is 10.9. The standard InChI is InChI=1S/C13H7Cl2F2NO/c14-10-5-7(18)4-9(12(10)15)13(19)8-2-1-6(16)3-11(8)17/h1-5H,18H2. The van der Waals surface area contributed by atoms with Gasteiger partial charge in [-0.3, -0.25) is 4.79 Å².